The van der Waals surface area contributed by atoms with Crippen molar-refractivity contribution in [2.45, 2.75) is 0 Å². The van der Waals surface area contributed by atoms with E-state index in [2.05, 4.69) is 15.6 Å². The maximum absolute atomic E-state index is 12.6. The summed E-state index contributed by atoms with van der Waals surface area (Å²) in [5.74, 6) is -0.712. The molecule has 0 saturated heterocycles. The van der Waals surface area contributed by atoms with Crippen LogP contribution in [-0.4, -0.2) is 21.7 Å². The monoisotopic (exact) mass is 362 g/mol. The van der Waals surface area contributed by atoms with Gasteiger partial charge in [0.05, 0.1) is 16.2 Å². The number of nitro groups is 1. The molecule has 0 spiro atoms. The number of carbonyl (C=O) groups is 2. The van der Waals surface area contributed by atoms with E-state index >= 15 is 0 Å². The van der Waals surface area contributed by atoms with E-state index in [0.717, 1.165) is 6.07 Å². The zero-order valence-electron chi connectivity index (χ0n) is 14.0. The Morgan fingerprint density at radius 2 is 1.63 bits per heavy atom. The summed E-state index contributed by atoms with van der Waals surface area (Å²) in [4.78, 5) is 39.4. The van der Waals surface area contributed by atoms with Crippen molar-refractivity contribution in [3.63, 3.8) is 0 Å². The van der Waals surface area contributed by atoms with Crippen molar-refractivity contribution in [3.05, 3.63) is 94.2 Å². The Labute approximate surface area is 154 Å². The molecule has 2 aromatic carbocycles. The minimum absolute atomic E-state index is 0.0338. The number of benzene rings is 2. The smallest absolute Gasteiger partial charge is 0.271 e. The number of pyridine rings is 1. The minimum atomic E-state index is -0.599. The molecule has 0 saturated carbocycles. The molecule has 0 radical (unpaired) electrons. The molecule has 3 rings (SSSR count). The molecule has 2 amide bonds. The average molecular weight is 362 g/mol. The summed E-state index contributed by atoms with van der Waals surface area (Å²) in [6, 6.07) is 17.0. The minimum Gasteiger partial charge on any atom is -0.321 e. The lowest BCUT2D eigenvalue weighted by Crippen LogP contribution is -2.19. The van der Waals surface area contributed by atoms with Crippen molar-refractivity contribution in [1.82, 2.24) is 4.98 Å². The molecule has 8 nitrogen and oxygen atoms in total. The van der Waals surface area contributed by atoms with Gasteiger partial charge in [0.15, 0.2) is 0 Å². The second kappa shape index (κ2) is 7.87. The van der Waals surface area contributed by atoms with Gasteiger partial charge in [0, 0.05) is 23.9 Å². The number of nitrogens with zero attached hydrogens (tertiary/aromatic N) is 2. The Kier molecular flexibility index (Phi) is 5.17. The molecule has 0 bridgehead atoms. The van der Waals surface area contributed by atoms with Gasteiger partial charge in [0.1, 0.15) is 5.82 Å². The zero-order valence-corrected chi connectivity index (χ0v) is 14.0. The van der Waals surface area contributed by atoms with Crippen LogP contribution in [0.3, 0.4) is 0 Å². The highest BCUT2D eigenvalue weighted by atomic mass is 16.6. The van der Waals surface area contributed by atoms with Crippen LogP contribution in [0.4, 0.5) is 17.2 Å². The van der Waals surface area contributed by atoms with E-state index < -0.39 is 16.7 Å². The number of carbonyl (C=O) groups excluding carboxylic acids is 2. The van der Waals surface area contributed by atoms with Gasteiger partial charge in [-0.05, 0) is 30.3 Å². The Morgan fingerprint density at radius 1 is 0.889 bits per heavy atom. The highest BCUT2D eigenvalue weighted by Crippen LogP contribution is 2.24. The molecule has 2 N–H and O–H groups in total. The standard InChI is InChI=1S/C19H14N4O4/c24-18(13-6-2-1-3-7-13)21-16-12-14(23(26)27)9-10-15(16)19(25)22-17-8-4-5-11-20-17/h1-12H,(H,21,24)(H,20,22,25). The first kappa shape index (κ1) is 17.7. The van der Waals surface area contributed by atoms with Crippen molar-refractivity contribution in [3.8, 4) is 0 Å². The molecule has 1 aromatic heterocycles. The maximum atomic E-state index is 12.6. The fraction of sp³-hybridized carbons (Fsp3) is 0. The summed E-state index contributed by atoms with van der Waals surface area (Å²) in [5, 5.41) is 16.2. The van der Waals surface area contributed by atoms with E-state index in [0.29, 0.717) is 11.4 Å². The second-order valence-electron chi connectivity index (χ2n) is 5.48. The number of non-ortho nitro benzene ring substituents is 1. The van der Waals surface area contributed by atoms with Crippen molar-refractivity contribution in [2.24, 2.45) is 0 Å². The number of aromatic nitrogens is 1. The first-order chi connectivity index (χ1) is 13.0. The molecular formula is C19H14N4O4. The second-order valence-corrected chi connectivity index (χ2v) is 5.48. The lowest BCUT2D eigenvalue weighted by Gasteiger charge is -2.11. The number of hydrogen-bond donors (Lipinski definition) is 2. The first-order valence-corrected chi connectivity index (χ1v) is 7.92. The Bertz CT molecular complexity index is 991. The van der Waals surface area contributed by atoms with Crippen molar-refractivity contribution < 1.29 is 14.5 Å². The topological polar surface area (TPSA) is 114 Å². The number of anilines is 2. The van der Waals surface area contributed by atoms with Crippen LogP contribution in [0.2, 0.25) is 0 Å². The quantitative estimate of drug-likeness (QED) is 0.532. The third-order valence-electron chi connectivity index (χ3n) is 3.65. The molecule has 0 aliphatic heterocycles. The molecule has 0 aliphatic rings. The molecule has 0 atom stereocenters. The molecule has 3 aromatic rings. The van der Waals surface area contributed by atoms with E-state index in [-0.39, 0.29) is 16.9 Å². The molecule has 8 heteroatoms. The highest BCUT2D eigenvalue weighted by Gasteiger charge is 2.19. The summed E-state index contributed by atoms with van der Waals surface area (Å²) < 4.78 is 0. The van der Waals surface area contributed by atoms with Crippen molar-refractivity contribution >= 4 is 29.0 Å². The van der Waals surface area contributed by atoms with Gasteiger partial charge in [-0.1, -0.05) is 24.3 Å². The van der Waals surface area contributed by atoms with Gasteiger partial charge in [-0.2, -0.15) is 0 Å². The van der Waals surface area contributed by atoms with Crippen LogP contribution in [0.5, 0.6) is 0 Å². The van der Waals surface area contributed by atoms with Crippen LogP contribution >= 0.6 is 0 Å². The summed E-state index contributed by atoms with van der Waals surface area (Å²) in [7, 11) is 0. The molecule has 27 heavy (non-hydrogen) atoms. The van der Waals surface area contributed by atoms with Crippen LogP contribution in [0.15, 0.2) is 72.9 Å². The van der Waals surface area contributed by atoms with Crippen molar-refractivity contribution in [2.75, 3.05) is 10.6 Å². The van der Waals surface area contributed by atoms with Gasteiger partial charge in [-0.15, -0.1) is 0 Å². The number of amides is 2. The molecule has 1 heterocycles. The van der Waals surface area contributed by atoms with Crippen LogP contribution in [-0.2, 0) is 0 Å². The predicted octanol–water partition coefficient (Wildman–Crippen LogP) is 3.49. The summed E-state index contributed by atoms with van der Waals surface area (Å²) in [5.41, 5.74) is 0.231. The Morgan fingerprint density at radius 3 is 2.30 bits per heavy atom. The van der Waals surface area contributed by atoms with Crippen LogP contribution < -0.4 is 10.6 Å². The van der Waals surface area contributed by atoms with E-state index in [1.807, 2.05) is 0 Å². The third-order valence-corrected chi connectivity index (χ3v) is 3.65. The van der Waals surface area contributed by atoms with E-state index in [1.54, 1.807) is 48.5 Å². The number of hydrogen-bond acceptors (Lipinski definition) is 5. The molecule has 0 aliphatic carbocycles. The van der Waals surface area contributed by atoms with Gasteiger partial charge < -0.3 is 10.6 Å². The predicted molar refractivity (Wildman–Crippen MR) is 99.7 cm³/mol. The van der Waals surface area contributed by atoms with Gasteiger partial charge in [-0.25, -0.2) is 4.98 Å². The van der Waals surface area contributed by atoms with E-state index in [1.165, 1.54) is 18.3 Å². The first-order valence-electron chi connectivity index (χ1n) is 7.92. The lowest BCUT2D eigenvalue weighted by atomic mass is 10.1. The largest absolute Gasteiger partial charge is 0.321 e. The third kappa shape index (κ3) is 4.31. The summed E-state index contributed by atoms with van der Waals surface area (Å²) in [6.07, 6.45) is 1.52. The number of nitrogens with one attached hydrogen (secondary N) is 2. The normalized spacial score (nSPS) is 10.1. The Balaban J connectivity index is 1.92. The fourth-order valence-electron chi connectivity index (χ4n) is 2.35. The SMILES string of the molecule is O=C(Nc1cc([N+](=O)[O-])ccc1C(=O)Nc1ccccn1)c1ccccc1. The van der Waals surface area contributed by atoms with Crippen LogP contribution in [0.25, 0.3) is 0 Å². The molecule has 0 unspecified atom stereocenters. The summed E-state index contributed by atoms with van der Waals surface area (Å²) >= 11 is 0. The highest BCUT2D eigenvalue weighted by molar-refractivity contribution is 6.12. The molecule has 0 fully saturated rings. The molecular weight excluding hydrogens is 348 g/mol. The van der Waals surface area contributed by atoms with Crippen LogP contribution in [0.1, 0.15) is 20.7 Å². The average Bonchev–Trinajstić information content (AvgIpc) is 2.69. The van der Waals surface area contributed by atoms with E-state index in [9.17, 15) is 19.7 Å². The number of nitro benzene ring substituents is 1. The van der Waals surface area contributed by atoms with Gasteiger partial charge >= 0.3 is 0 Å². The number of rotatable bonds is 5. The zero-order chi connectivity index (χ0) is 19.2. The van der Waals surface area contributed by atoms with Gasteiger partial charge in [-0.3, -0.25) is 19.7 Å². The van der Waals surface area contributed by atoms with Gasteiger partial charge in [0.25, 0.3) is 17.5 Å². The maximum Gasteiger partial charge on any atom is 0.271 e. The lowest BCUT2D eigenvalue weighted by molar-refractivity contribution is -0.384. The van der Waals surface area contributed by atoms with Gasteiger partial charge in [0.2, 0.25) is 0 Å². The Hall–Kier alpha value is -4.07. The fourth-order valence-corrected chi connectivity index (χ4v) is 2.35. The summed E-state index contributed by atoms with van der Waals surface area (Å²) in [6.45, 7) is 0. The van der Waals surface area contributed by atoms with E-state index in [4.69, 9.17) is 0 Å². The van der Waals surface area contributed by atoms with Crippen molar-refractivity contribution in [1.29, 1.82) is 0 Å². The van der Waals surface area contributed by atoms with Crippen LogP contribution in [0, 0.1) is 10.1 Å². The molecule has 134 valence electrons.